The van der Waals surface area contributed by atoms with Gasteiger partial charge in [-0.05, 0) is 36.4 Å². The zero-order chi connectivity index (χ0) is 13.7. The van der Waals surface area contributed by atoms with Crippen molar-refractivity contribution in [2.75, 3.05) is 11.1 Å². The second kappa shape index (κ2) is 6.24. The van der Waals surface area contributed by atoms with Gasteiger partial charge in [0.25, 0.3) is 0 Å². The van der Waals surface area contributed by atoms with Crippen molar-refractivity contribution >= 4 is 22.4 Å². The van der Waals surface area contributed by atoms with Gasteiger partial charge in [-0.15, -0.1) is 0 Å². The molecule has 1 amide bonds. The Labute approximate surface area is 112 Å². The molecule has 0 aromatic heterocycles. The van der Waals surface area contributed by atoms with Crippen LogP contribution in [0, 0.1) is 5.82 Å². The van der Waals surface area contributed by atoms with E-state index in [1.165, 1.54) is 24.3 Å². The lowest BCUT2D eigenvalue weighted by Crippen LogP contribution is -2.19. The standard InChI is InChI=1S/C14H12FNO2S/c15-11-6-8-13(9-7-11)19(18)10-14(17)16-12-4-2-1-3-5-12/h1-9H,10H2,(H,16,17). The number of carbonyl (C=O) groups is 1. The van der Waals surface area contributed by atoms with Crippen molar-refractivity contribution in [2.24, 2.45) is 0 Å². The molecule has 3 nitrogen and oxygen atoms in total. The van der Waals surface area contributed by atoms with E-state index >= 15 is 0 Å². The number of hydrogen-bond acceptors (Lipinski definition) is 2. The van der Waals surface area contributed by atoms with Gasteiger partial charge in [0.05, 0.1) is 10.8 Å². The molecule has 0 aliphatic heterocycles. The number of halogens is 1. The minimum Gasteiger partial charge on any atom is -0.325 e. The molecule has 98 valence electrons. The summed E-state index contributed by atoms with van der Waals surface area (Å²) >= 11 is 0. The van der Waals surface area contributed by atoms with Gasteiger partial charge >= 0.3 is 0 Å². The molecule has 0 saturated carbocycles. The maximum absolute atomic E-state index is 12.7. The summed E-state index contributed by atoms with van der Waals surface area (Å²) in [6.45, 7) is 0. The first-order chi connectivity index (χ1) is 9.15. The van der Waals surface area contributed by atoms with Crippen molar-refractivity contribution in [1.82, 2.24) is 0 Å². The first-order valence-electron chi connectivity index (χ1n) is 5.64. The lowest BCUT2D eigenvalue weighted by molar-refractivity contribution is -0.113. The van der Waals surface area contributed by atoms with Gasteiger partial charge in [0.1, 0.15) is 11.6 Å². The first kappa shape index (κ1) is 13.4. The zero-order valence-corrected chi connectivity index (χ0v) is 10.8. The fraction of sp³-hybridized carbons (Fsp3) is 0.0714. The molecule has 1 atom stereocenters. The summed E-state index contributed by atoms with van der Waals surface area (Å²) in [4.78, 5) is 12.1. The highest BCUT2D eigenvalue weighted by Gasteiger charge is 2.10. The Morgan fingerprint density at radius 2 is 1.68 bits per heavy atom. The lowest BCUT2D eigenvalue weighted by atomic mass is 10.3. The molecular weight excluding hydrogens is 265 g/mol. The molecule has 0 radical (unpaired) electrons. The molecule has 0 fully saturated rings. The number of rotatable bonds is 4. The van der Waals surface area contributed by atoms with E-state index in [9.17, 15) is 13.4 Å². The normalized spacial score (nSPS) is 11.8. The Morgan fingerprint density at radius 1 is 1.05 bits per heavy atom. The van der Waals surface area contributed by atoms with E-state index in [1.807, 2.05) is 6.07 Å². The highest BCUT2D eigenvalue weighted by atomic mass is 32.2. The summed E-state index contributed by atoms with van der Waals surface area (Å²) in [5.74, 6) is -0.885. The number of amides is 1. The Kier molecular flexibility index (Phi) is 4.41. The SMILES string of the molecule is O=C(CS(=O)c1ccc(F)cc1)Nc1ccccc1. The third kappa shape index (κ3) is 3.99. The van der Waals surface area contributed by atoms with Crippen molar-refractivity contribution < 1.29 is 13.4 Å². The fourth-order valence-corrected chi connectivity index (χ4v) is 2.42. The average molecular weight is 277 g/mol. The van der Waals surface area contributed by atoms with Crippen LogP contribution >= 0.6 is 0 Å². The van der Waals surface area contributed by atoms with Gasteiger partial charge in [0.2, 0.25) is 5.91 Å². The molecule has 0 heterocycles. The summed E-state index contributed by atoms with van der Waals surface area (Å²) in [6.07, 6.45) is 0. The molecule has 0 aliphatic carbocycles. The van der Waals surface area contributed by atoms with Crippen molar-refractivity contribution in [1.29, 1.82) is 0 Å². The number of nitrogens with one attached hydrogen (secondary N) is 1. The molecule has 2 aromatic rings. The molecule has 1 unspecified atom stereocenters. The molecular formula is C14H12FNO2S. The van der Waals surface area contributed by atoms with Gasteiger partial charge in [-0.25, -0.2) is 4.39 Å². The molecule has 0 bridgehead atoms. The molecule has 0 spiro atoms. The van der Waals surface area contributed by atoms with E-state index in [1.54, 1.807) is 24.3 Å². The monoisotopic (exact) mass is 277 g/mol. The maximum atomic E-state index is 12.7. The van der Waals surface area contributed by atoms with Crippen LogP contribution in [-0.4, -0.2) is 15.9 Å². The quantitative estimate of drug-likeness (QED) is 0.933. The number of anilines is 1. The van der Waals surface area contributed by atoms with Gasteiger partial charge in [-0.3, -0.25) is 9.00 Å². The Morgan fingerprint density at radius 3 is 2.32 bits per heavy atom. The second-order valence-electron chi connectivity index (χ2n) is 3.86. The number of benzene rings is 2. The van der Waals surface area contributed by atoms with Gasteiger partial charge in [-0.1, -0.05) is 18.2 Å². The minimum absolute atomic E-state index is 0.152. The average Bonchev–Trinajstić information content (AvgIpc) is 2.40. The van der Waals surface area contributed by atoms with Crippen LogP contribution in [-0.2, 0) is 15.6 Å². The summed E-state index contributed by atoms with van der Waals surface area (Å²) in [5, 5.41) is 2.65. The van der Waals surface area contributed by atoms with E-state index in [-0.39, 0.29) is 11.7 Å². The number of para-hydroxylation sites is 1. The molecule has 2 rings (SSSR count). The highest BCUT2D eigenvalue weighted by molar-refractivity contribution is 7.85. The van der Waals surface area contributed by atoms with Crippen molar-refractivity contribution in [3.05, 3.63) is 60.4 Å². The van der Waals surface area contributed by atoms with Gasteiger partial charge in [0.15, 0.2) is 0 Å². The van der Waals surface area contributed by atoms with Crippen molar-refractivity contribution in [3.8, 4) is 0 Å². The van der Waals surface area contributed by atoms with Crippen LogP contribution in [0.3, 0.4) is 0 Å². The van der Waals surface area contributed by atoms with Crippen LogP contribution in [0.1, 0.15) is 0 Å². The summed E-state index contributed by atoms with van der Waals surface area (Å²) in [7, 11) is -1.47. The predicted octanol–water partition coefficient (Wildman–Crippen LogP) is 2.57. The van der Waals surface area contributed by atoms with Crippen LogP contribution in [0.5, 0.6) is 0 Å². The third-order valence-corrected chi connectivity index (χ3v) is 3.72. The molecule has 1 N–H and O–H groups in total. The molecule has 2 aromatic carbocycles. The minimum atomic E-state index is -1.47. The maximum Gasteiger partial charge on any atom is 0.237 e. The Bertz CT molecular complexity index is 584. The molecule has 0 saturated heterocycles. The third-order valence-electron chi connectivity index (χ3n) is 2.40. The lowest BCUT2D eigenvalue weighted by Gasteiger charge is -2.05. The summed E-state index contributed by atoms with van der Waals surface area (Å²) in [6, 6.07) is 14.2. The first-order valence-corrected chi connectivity index (χ1v) is 6.96. The van der Waals surface area contributed by atoms with Gasteiger partial charge in [-0.2, -0.15) is 0 Å². The van der Waals surface area contributed by atoms with Crippen LogP contribution < -0.4 is 5.32 Å². The predicted molar refractivity (Wildman–Crippen MR) is 72.7 cm³/mol. The fourth-order valence-electron chi connectivity index (χ4n) is 1.51. The van der Waals surface area contributed by atoms with E-state index in [0.29, 0.717) is 10.6 Å². The van der Waals surface area contributed by atoms with Gasteiger partial charge < -0.3 is 5.32 Å². The smallest absolute Gasteiger partial charge is 0.237 e. The van der Waals surface area contributed by atoms with Crippen LogP contribution in [0.15, 0.2) is 59.5 Å². The van der Waals surface area contributed by atoms with Crippen LogP contribution in [0.25, 0.3) is 0 Å². The van der Waals surface area contributed by atoms with Crippen molar-refractivity contribution in [3.63, 3.8) is 0 Å². The van der Waals surface area contributed by atoms with Crippen LogP contribution in [0.4, 0.5) is 10.1 Å². The summed E-state index contributed by atoms with van der Waals surface area (Å²) in [5.41, 5.74) is 0.656. The van der Waals surface area contributed by atoms with Crippen LogP contribution in [0.2, 0.25) is 0 Å². The van der Waals surface area contributed by atoms with E-state index in [4.69, 9.17) is 0 Å². The van der Waals surface area contributed by atoms with E-state index in [2.05, 4.69) is 5.32 Å². The van der Waals surface area contributed by atoms with E-state index in [0.717, 1.165) is 0 Å². The number of hydrogen-bond donors (Lipinski definition) is 1. The van der Waals surface area contributed by atoms with Crippen molar-refractivity contribution in [2.45, 2.75) is 4.90 Å². The Balaban J connectivity index is 1.95. The Hall–Kier alpha value is -2.01. The highest BCUT2D eigenvalue weighted by Crippen LogP contribution is 2.09. The molecule has 19 heavy (non-hydrogen) atoms. The number of carbonyl (C=O) groups excluding carboxylic acids is 1. The second-order valence-corrected chi connectivity index (χ2v) is 5.31. The van der Waals surface area contributed by atoms with Gasteiger partial charge in [0, 0.05) is 10.6 Å². The van der Waals surface area contributed by atoms with E-state index < -0.39 is 16.6 Å². The topological polar surface area (TPSA) is 46.2 Å². The zero-order valence-electron chi connectivity index (χ0n) is 10.0. The largest absolute Gasteiger partial charge is 0.325 e. The molecule has 5 heteroatoms. The summed E-state index contributed by atoms with van der Waals surface area (Å²) < 4.78 is 24.6. The molecule has 0 aliphatic rings.